The van der Waals surface area contributed by atoms with Crippen molar-refractivity contribution in [2.24, 2.45) is 0 Å². The molecule has 0 fully saturated rings. The van der Waals surface area contributed by atoms with Gasteiger partial charge in [0.05, 0.1) is 11.4 Å². The largest absolute Gasteiger partial charge is 0.486 e. The molecule has 0 radical (unpaired) electrons. The third-order valence-corrected chi connectivity index (χ3v) is 8.44. The Kier molecular flexibility index (Phi) is 9.83. The lowest BCUT2D eigenvalue weighted by atomic mass is 10.1. The lowest BCUT2D eigenvalue weighted by Gasteiger charge is -2.32. The molecule has 0 aromatic heterocycles. The molecule has 1 heterocycles. The van der Waals surface area contributed by atoms with E-state index < -0.39 is 28.5 Å². The number of hydrogen-bond acceptors (Lipinski definition) is 6. The molecule has 0 aliphatic carbocycles. The number of sulfonamides is 1. The Hall–Kier alpha value is -2.79. The first-order chi connectivity index (χ1) is 17.6. The van der Waals surface area contributed by atoms with E-state index in [0.29, 0.717) is 30.4 Å². The van der Waals surface area contributed by atoms with Crippen LogP contribution in [0.15, 0.2) is 46.9 Å². The maximum atomic E-state index is 13.7. The molecular weight excluding hydrogens is 562 g/mol. The van der Waals surface area contributed by atoms with Gasteiger partial charge in [-0.25, -0.2) is 8.42 Å². The van der Waals surface area contributed by atoms with Gasteiger partial charge in [-0.2, -0.15) is 0 Å². The van der Waals surface area contributed by atoms with Crippen molar-refractivity contribution in [3.05, 3.63) is 52.5 Å². The fourth-order valence-electron chi connectivity index (χ4n) is 3.79. The van der Waals surface area contributed by atoms with E-state index in [1.54, 1.807) is 25.1 Å². The van der Waals surface area contributed by atoms with Crippen molar-refractivity contribution in [3.8, 4) is 11.5 Å². The van der Waals surface area contributed by atoms with Gasteiger partial charge in [-0.15, -0.1) is 0 Å². The number of nitrogens with one attached hydrogen (secondary N) is 1. The van der Waals surface area contributed by atoms with Crippen LogP contribution in [0.25, 0.3) is 0 Å². The van der Waals surface area contributed by atoms with Crippen LogP contribution in [0.4, 0.5) is 5.69 Å². The second-order valence-corrected chi connectivity index (χ2v) is 12.0. The zero-order chi connectivity index (χ0) is 27.2. The van der Waals surface area contributed by atoms with E-state index in [2.05, 4.69) is 21.2 Å². The number of nitrogens with zero attached hydrogens (tertiary/aromatic N) is 2. The molecule has 202 valence electrons. The van der Waals surface area contributed by atoms with Crippen LogP contribution in [0.1, 0.15) is 39.7 Å². The average Bonchev–Trinajstić information content (AvgIpc) is 2.89. The van der Waals surface area contributed by atoms with Crippen molar-refractivity contribution in [2.45, 2.75) is 52.7 Å². The Labute approximate surface area is 227 Å². The molecule has 1 N–H and O–H groups in total. The van der Waals surface area contributed by atoms with Gasteiger partial charge in [-0.05, 0) is 57.0 Å². The van der Waals surface area contributed by atoms with Crippen molar-refractivity contribution < 1.29 is 27.5 Å². The predicted molar refractivity (Wildman–Crippen MR) is 146 cm³/mol. The number of carbonyl (C=O) groups is 2. The van der Waals surface area contributed by atoms with Crippen LogP contribution in [0.5, 0.6) is 11.5 Å². The summed E-state index contributed by atoms with van der Waals surface area (Å²) in [7, 11) is -3.84. The van der Waals surface area contributed by atoms with E-state index in [9.17, 15) is 18.0 Å². The fraction of sp³-hybridized carbons (Fsp3) is 0.462. The van der Waals surface area contributed by atoms with E-state index in [0.717, 1.165) is 20.8 Å². The zero-order valence-corrected chi connectivity index (χ0v) is 24.0. The van der Waals surface area contributed by atoms with Crippen LogP contribution in [0, 0.1) is 0 Å². The molecule has 2 aromatic rings. The van der Waals surface area contributed by atoms with Crippen molar-refractivity contribution in [2.75, 3.05) is 29.8 Å². The highest BCUT2D eigenvalue weighted by molar-refractivity contribution is 9.10. The van der Waals surface area contributed by atoms with Gasteiger partial charge in [-0.1, -0.05) is 35.0 Å². The van der Waals surface area contributed by atoms with Crippen molar-refractivity contribution >= 4 is 43.5 Å². The summed E-state index contributed by atoms with van der Waals surface area (Å²) >= 11 is 3.44. The number of hydrogen-bond donors (Lipinski definition) is 1. The minimum Gasteiger partial charge on any atom is -0.486 e. The summed E-state index contributed by atoms with van der Waals surface area (Å²) < 4.78 is 39.3. The van der Waals surface area contributed by atoms with E-state index in [1.165, 1.54) is 11.8 Å². The normalized spacial score (nSPS) is 14.4. The highest BCUT2D eigenvalue weighted by atomic mass is 79.9. The summed E-state index contributed by atoms with van der Waals surface area (Å²) in [5.41, 5.74) is 1.09. The lowest BCUT2D eigenvalue weighted by Crippen LogP contribution is -2.52. The molecule has 2 atom stereocenters. The predicted octanol–water partition coefficient (Wildman–Crippen LogP) is 3.71. The highest BCUT2D eigenvalue weighted by Crippen LogP contribution is 2.35. The summed E-state index contributed by atoms with van der Waals surface area (Å²) in [6.07, 6.45) is 0.741. The number of carbonyl (C=O) groups excluding carboxylic acids is 2. The molecule has 0 spiro atoms. The zero-order valence-electron chi connectivity index (χ0n) is 21.6. The molecule has 37 heavy (non-hydrogen) atoms. The molecule has 11 heteroatoms. The summed E-state index contributed by atoms with van der Waals surface area (Å²) in [5, 5.41) is 2.92. The van der Waals surface area contributed by atoms with Gasteiger partial charge in [0.2, 0.25) is 21.8 Å². The Morgan fingerprint density at radius 3 is 2.41 bits per heavy atom. The van der Waals surface area contributed by atoms with Crippen LogP contribution >= 0.6 is 15.9 Å². The Bertz CT molecular complexity index is 1220. The summed E-state index contributed by atoms with van der Waals surface area (Å²) in [6, 6.07) is 11.3. The van der Waals surface area contributed by atoms with Gasteiger partial charge in [0.15, 0.2) is 11.5 Å². The molecule has 0 unspecified atom stereocenters. The third-order valence-electron chi connectivity index (χ3n) is 6.20. The van der Waals surface area contributed by atoms with Gasteiger partial charge < -0.3 is 19.7 Å². The maximum Gasteiger partial charge on any atom is 0.244 e. The highest BCUT2D eigenvalue weighted by Gasteiger charge is 2.32. The van der Waals surface area contributed by atoms with Gasteiger partial charge in [0.25, 0.3) is 0 Å². The molecule has 2 aromatic carbocycles. The standard InChI is InChI=1S/C26H34BrN3O6S/c1-5-18(3)28-26(32)19(4)29(16-20-8-7-9-21(27)14-20)25(31)17-30(37(33,34)6-2)22-10-11-23-24(15-22)36-13-12-35-23/h7-11,14-15,18-19H,5-6,12-13,16-17H2,1-4H3,(H,28,32)/t18-,19+/m1/s1. The molecule has 2 amide bonds. The van der Waals surface area contributed by atoms with Crippen molar-refractivity contribution in [1.82, 2.24) is 10.2 Å². The molecule has 0 saturated carbocycles. The lowest BCUT2D eigenvalue weighted by molar-refractivity contribution is -0.139. The quantitative estimate of drug-likeness (QED) is 0.424. The summed E-state index contributed by atoms with van der Waals surface area (Å²) in [4.78, 5) is 28.2. The number of halogens is 1. The molecule has 1 aliphatic heterocycles. The van der Waals surface area contributed by atoms with Gasteiger partial charge >= 0.3 is 0 Å². The third kappa shape index (κ3) is 7.38. The number of ether oxygens (including phenoxy) is 2. The summed E-state index contributed by atoms with van der Waals surface area (Å²) in [5.74, 6) is -0.0769. The smallest absolute Gasteiger partial charge is 0.244 e. The van der Waals surface area contributed by atoms with Crippen LogP contribution in [0.3, 0.4) is 0 Å². The minimum absolute atomic E-state index is 0.0625. The number of amides is 2. The topological polar surface area (TPSA) is 105 Å². The number of rotatable bonds is 11. The molecule has 0 bridgehead atoms. The molecule has 3 rings (SSSR count). The molecule has 1 aliphatic rings. The van der Waals surface area contributed by atoms with Gasteiger partial charge in [0, 0.05) is 23.1 Å². The number of fused-ring (bicyclic) bond motifs is 1. The monoisotopic (exact) mass is 595 g/mol. The Balaban J connectivity index is 1.94. The SMILES string of the molecule is CC[C@@H](C)NC(=O)[C@H](C)N(Cc1cccc(Br)c1)C(=O)CN(c1ccc2c(c1)OCCO2)S(=O)(=O)CC. The first-order valence-electron chi connectivity index (χ1n) is 12.3. The summed E-state index contributed by atoms with van der Waals surface area (Å²) in [6.45, 7) is 7.44. The molecular formula is C26H34BrN3O6S. The second kappa shape index (κ2) is 12.6. The fourth-order valence-corrected chi connectivity index (χ4v) is 5.29. The Morgan fingerprint density at radius 2 is 1.76 bits per heavy atom. The molecule has 9 nitrogen and oxygen atoms in total. The van der Waals surface area contributed by atoms with E-state index in [1.807, 2.05) is 38.1 Å². The van der Waals surface area contributed by atoms with Gasteiger partial charge in [0.1, 0.15) is 25.8 Å². The van der Waals surface area contributed by atoms with Crippen LogP contribution in [-0.2, 0) is 26.2 Å². The van der Waals surface area contributed by atoms with Crippen molar-refractivity contribution in [1.29, 1.82) is 0 Å². The Morgan fingerprint density at radius 1 is 1.05 bits per heavy atom. The number of anilines is 1. The van der Waals surface area contributed by atoms with E-state index in [-0.39, 0.29) is 24.2 Å². The minimum atomic E-state index is -3.84. The van der Waals surface area contributed by atoms with E-state index in [4.69, 9.17) is 9.47 Å². The second-order valence-electron chi connectivity index (χ2n) is 8.88. The number of benzene rings is 2. The molecule has 0 saturated heterocycles. The van der Waals surface area contributed by atoms with E-state index >= 15 is 0 Å². The van der Waals surface area contributed by atoms with Crippen LogP contribution < -0.4 is 19.1 Å². The van der Waals surface area contributed by atoms with Gasteiger partial charge in [-0.3, -0.25) is 13.9 Å². The van der Waals surface area contributed by atoms with Crippen LogP contribution in [-0.4, -0.2) is 62.7 Å². The van der Waals surface area contributed by atoms with Crippen LogP contribution in [0.2, 0.25) is 0 Å². The first-order valence-corrected chi connectivity index (χ1v) is 14.7. The average molecular weight is 597 g/mol. The first kappa shape index (κ1) is 28.8. The maximum absolute atomic E-state index is 13.7. The van der Waals surface area contributed by atoms with Crippen molar-refractivity contribution in [3.63, 3.8) is 0 Å².